The molecule has 2 fully saturated rings. The van der Waals surface area contributed by atoms with E-state index < -0.39 is 0 Å². The van der Waals surface area contributed by atoms with Crippen molar-refractivity contribution >= 4 is 23.6 Å². The van der Waals surface area contributed by atoms with Crippen LogP contribution in [0.25, 0.3) is 5.69 Å². The molecular weight excluding hydrogens is 486 g/mol. The van der Waals surface area contributed by atoms with Gasteiger partial charge in [-0.1, -0.05) is 18.2 Å². The lowest BCUT2D eigenvalue weighted by molar-refractivity contribution is 0.0938. The Labute approximate surface area is 220 Å². The third-order valence-corrected chi connectivity index (χ3v) is 7.43. The highest BCUT2D eigenvalue weighted by atomic mass is 16.5. The molecular formula is C27H31N7O4. The van der Waals surface area contributed by atoms with Gasteiger partial charge < -0.3 is 20.3 Å². The summed E-state index contributed by atoms with van der Waals surface area (Å²) in [6, 6.07) is 13.0. The van der Waals surface area contributed by atoms with E-state index >= 15 is 0 Å². The van der Waals surface area contributed by atoms with Crippen molar-refractivity contribution in [2.45, 2.75) is 38.3 Å². The van der Waals surface area contributed by atoms with E-state index in [1.54, 1.807) is 23.6 Å². The molecule has 0 radical (unpaired) electrons. The first-order chi connectivity index (χ1) is 18.4. The number of ether oxygens (including phenoxy) is 1. The van der Waals surface area contributed by atoms with Gasteiger partial charge in [0.2, 0.25) is 0 Å². The van der Waals surface area contributed by atoms with Gasteiger partial charge in [-0.2, -0.15) is 0 Å². The third kappa shape index (κ3) is 4.37. The van der Waals surface area contributed by atoms with Gasteiger partial charge in [0.1, 0.15) is 18.0 Å². The minimum atomic E-state index is -0.376. The second kappa shape index (κ2) is 9.55. The monoisotopic (exact) mass is 517 g/mol. The predicted molar refractivity (Wildman–Crippen MR) is 142 cm³/mol. The number of fused-ring (bicyclic) bond motifs is 1. The molecule has 0 unspecified atom stereocenters. The number of aromatic nitrogens is 3. The Balaban J connectivity index is 1.17. The summed E-state index contributed by atoms with van der Waals surface area (Å²) in [7, 11) is 1.78. The number of nitrogens with one attached hydrogen (secondary N) is 2. The zero-order chi connectivity index (χ0) is 26.4. The van der Waals surface area contributed by atoms with E-state index in [1.807, 2.05) is 42.5 Å². The summed E-state index contributed by atoms with van der Waals surface area (Å²) in [6.07, 6.45) is 2.74. The van der Waals surface area contributed by atoms with Crippen LogP contribution in [0.1, 0.15) is 35.3 Å². The van der Waals surface area contributed by atoms with E-state index in [1.165, 1.54) is 4.68 Å². The smallest absolute Gasteiger partial charge is 0.323 e. The zero-order valence-electron chi connectivity index (χ0n) is 21.5. The standard InChI is InChI=1S/C27H31N7O4/c1-17-23(26(36)34(31(17)2)20-6-4-3-5-7-20)25(35)28-19-12-13-32(16-19)22-11-10-21-24(30-22)33(14-15-38-21)27(37)29-18-8-9-18/h3-7,10-11,18-19H,8-9,12-16H2,1-2H3,(H,28,35)(H,29,37)/t19-/m0/s1. The van der Waals surface area contributed by atoms with Crippen molar-refractivity contribution < 1.29 is 14.3 Å². The first-order valence-corrected chi connectivity index (χ1v) is 13.0. The molecule has 1 aromatic carbocycles. The molecule has 1 atom stereocenters. The number of para-hydroxylation sites is 1. The summed E-state index contributed by atoms with van der Waals surface area (Å²) in [5.41, 5.74) is 1.12. The van der Waals surface area contributed by atoms with Crippen LogP contribution in [-0.2, 0) is 7.05 Å². The molecule has 198 valence electrons. The van der Waals surface area contributed by atoms with Crippen molar-refractivity contribution in [1.29, 1.82) is 0 Å². The number of rotatable bonds is 5. The number of carbonyl (C=O) groups excluding carboxylic acids is 2. The minimum absolute atomic E-state index is 0.143. The fraction of sp³-hybridized carbons (Fsp3) is 0.407. The number of urea groups is 1. The van der Waals surface area contributed by atoms with Gasteiger partial charge in [0.05, 0.1) is 17.9 Å². The fourth-order valence-electron chi connectivity index (χ4n) is 5.11. The summed E-state index contributed by atoms with van der Waals surface area (Å²) >= 11 is 0. The average Bonchev–Trinajstić information content (AvgIpc) is 3.56. The highest BCUT2D eigenvalue weighted by molar-refractivity contribution is 5.95. The first-order valence-electron chi connectivity index (χ1n) is 13.0. The molecule has 0 spiro atoms. The van der Waals surface area contributed by atoms with Crippen LogP contribution < -0.4 is 30.7 Å². The Hall–Kier alpha value is -4.28. The van der Waals surface area contributed by atoms with E-state index in [0.29, 0.717) is 55.6 Å². The first kappa shape index (κ1) is 24.1. The van der Waals surface area contributed by atoms with Crippen LogP contribution in [0.3, 0.4) is 0 Å². The summed E-state index contributed by atoms with van der Waals surface area (Å²) in [4.78, 5) is 47.7. The van der Waals surface area contributed by atoms with E-state index in [2.05, 4.69) is 15.5 Å². The number of benzene rings is 1. The molecule has 4 heterocycles. The second-order valence-electron chi connectivity index (χ2n) is 10.1. The molecule has 0 bridgehead atoms. The van der Waals surface area contributed by atoms with Crippen LogP contribution in [0.4, 0.5) is 16.4 Å². The summed E-state index contributed by atoms with van der Waals surface area (Å²) in [5, 5.41) is 6.08. The fourth-order valence-corrected chi connectivity index (χ4v) is 5.11. The highest BCUT2D eigenvalue weighted by Crippen LogP contribution is 2.33. The van der Waals surface area contributed by atoms with Crippen LogP contribution in [0, 0.1) is 6.92 Å². The van der Waals surface area contributed by atoms with Crippen molar-refractivity contribution in [3.8, 4) is 11.4 Å². The third-order valence-electron chi connectivity index (χ3n) is 7.43. The van der Waals surface area contributed by atoms with Crippen molar-refractivity contribution in [1.82, 2.24) is 25.0 Å². The molecule has 1 saturated heterocycles. The number of hydrogen-bond acceptors (Lipinski definition) is 6. The van der Waals surface area contributed by atoms with Crippen LogP contribution >= 0.6 is 0 Å². The van der Waals surface area contributed by atoms with E-state index in [9.17, 15) is 14.4 Å². The van der Waals surface area contributed by atoms with E-state index in [4.69, 9.17) is 9.72 Å². The van der Waals surface area contributed by atoms with Gasteiger partial charge in [-0.3, -0.25) is 19.2 Å². The molecule has 2 aliphatic heterocycles. The van der Waals surface area contributed by atoms with Crippen LogP contribution in [-0.4, -0.2) is 64.6 Å². The molecule has 3 amide bonds. The van der Waals surface area contributed by atoms with Gasteiger partial charge in [0.15, 0.2) is 11.6 Å². The predicted octanol–water partition coefficient (Wildman–Crippen LogP) is 1.96. The van der Waals surface area contributed by atoms with Gasteiger partial charge in [0.25, 0.3) is 11.5 Å². The van der Waals surface area contributed by atoms with Crippen LogP contribution in [0.15, 0.2) is 47.3 Å². The van der Waals surface area contributed by atoms with Gasteiger partial charge in [-0.25, -0.2) is 14.5 Å². The summed E-state index contributed by atoms with van der Waals surface area (Å²) < 4.78 is 8.95. The molecule has 1 aliphatic carbocycles. The molecule has 1 saturated carbocycles. The van der Waals surface area contributed by atoms with Gasteiger partial charge in [0, 0.05) is 32.2 Å². The maximum Gasteiger partial charge on any atom is 0.323 e. The number of pyridine rings is 1. The van der Waals surface area contributed by atoms with Crippen LogP contribution in [0.5, 0.6) is 5.75 Å². The molecule has 2 N–H and O–H groups in total. The SMILES string of the molecule is Cc1c(C(=O)N[C@H]2CCN(c3ccc4c(n3)N(C(=O)NC3CC3)CCO4)C2)c(=O)n(-c2ccccc2)n1C. The Morgan fingerprint density at radius 2 is 1.79 bits per heavy atom. The number of amides is 3. The molecule has 11 nitrogen and oxygen atoms in total. The normalized spacial score (nSPS) is 18.6. The molecule has 11 heteroatoms. The van der Waals surface area contributed by atoms with E-state index in [-0.39, 0.29) is 35.1 Å². The Morgan fingerprint density at radius 1 is 1.00 bits per heavy atom. The maximum absolute atomic E-state index is 13.2. The molecule has 38 heavy (non-hydrogen) atoms. The molecule has 3 aliphatic rings. The van der Waals surface area contributed by atoms with E-state index in [0.717, 1.165) is 18.7 Å². The lowest BCUT2D eigenvalue weighted by Gasteiger charge is -2.30. The average molecular weight is 518 g/mol. The Bertz CT molecular complexity index is 1440. The topological polar surface area (TPSA) is 114 Å². The summed E-state index contributed by atoms with van der Waals surface area (Å²) in [6.45, 7) is 3.88. The second-order valence-corrected chi connectivity index (χ2v) is 10.1. The lowest BCUT2D eigenvalue weighted by Crippen LogP contribution is -2.45. The van der Waals surface area contributed by atoms with Crippen molar-refractivity contribution in [2.75, 3.05) is 36.0 Å². The number of carbonyl (C=O) groups is 2. The van der Waals surface area contributed by atoms with Gasteiger partial charge >= 0.3 is 6.03 Å². The maximum atomic E-state index is 13.2. The Kier molecular flexibility index (Phi) is 6.05. The zero-order valence-corrected chi connectivity index (χ0v) is 21.5. The van der Waals surface area contributed by atoms with Crippen molar-refractivity contribution in [3.05, 3.63) is 64.1 Å². The van der Waals surface area contributed by atoms with Crippen LogP contribution in [0.2, 0.25) is 0 Å². The highest BCUT2D eigenvalue weighted by Gasteiger charge is 2.32. The molecule has 2 aromatic heterocycles. The molecule has 3 aromatic rings. The number of hydrogen-bond donors (Lipinski definition) is 2. The van der Waals surface area contributed by atoms with Crippen molar-refractivity contribution in [2.24, 2.45) is 7.05 Å². The minimum Gasteiger partial charge on any atom is -0.488 e. The largest absolute Gasteiger partial charge is 0.488 e. The number of anilines is 2. The number of nitrogens with zero attached hydrogens (tertiary/aromatic N) is 5. The van der Waals surface area contributed by atoms with Crippen molar-refractivity contribution in [3.63, 3.8) is 0 Å². The lowest BCUT2D eigenvalue weighted by atomic mass is 10.2. The quantitative estimate of drug-likeness (QED) is 0.535. The molecule has 6 rings (SSSR count). The summed E-state index contributed by atoms with van der Waals surface area (Å²) in [5.74, 6) is 1.45. The van der Waals surface area contributed by atoms with Gasteiger partial charge in [-0.15, -0.1) is 0 Å². The van der Waals surface area contributed by atoms with Gasteiger partial charge in [-0.05, 0) is 50.5 Å². The Morgan fingerprint density at radius 3 is 2.55 bits per heavy atom.